The van der Waals surface area contributed by atoms with Crippen LogP contribution in [0.25, 0.3) is 15.6 Å². The van der Waals surface area contributed by atoms with Crippen LogP contribution in [0.15, 0.2) is 48.8 Å². The van der Waals surface area contributed by atoms with Crippen LogP contribution in [0.5, 0.6) is 0 Å². The number of hydrogen-bond donors (Lipinski definition) is 1. The van der Waals surface area contributed by atoms with Gasteiger partial charge in [0.1, 0.15) is 11.5 Å². The minimum atomic E-state index is -0.322. The largest absolute Gasteiger partial charge is 0.346 e. The van der Waals surface area contributed by atoms with Crippen molar-refractivity contribution >= 4 is 17.2 Å². The number of carbonyl (C=O) groups is 1. The Labute approximate surface area is 171 Å². The highest BCUT2D eigenvalue weighted by Crippen LogP contribution is 2.32. The normalized spacial score (nSPS) is 11.0. The third kappa shape index (κ3) is 3.71. The van der Waals surface area contributed by atoms with Crippen LogP contribution in [0.4, 0.5) is 4.39 Å². The van der Waals surface area contributed by atoms with Crippen LogP contribution in [0, 0.1) is 19.7 Å². The van der Waals surface area contributed by atoms with Gasteiger partial charge in [-0.25, -0.2) is 9.37 Å². The van der Waals surface area contributed by atoms with E-state index in [-0.39, 0.29) is 11.7 Å². The fraction of sp³-hybridized carbons (Fsp3) is 0.190. The molecule has 0 saturated carbocycles. The maximum Gasteiger partial charge on any atom is 0.271 e. The molecule has 0 spiro atoms. The molecule has 4 rings (SSSR count). The highest BCUT2D eigenvalue weighted by Gasteiger charge is 2.21. The van der Waals surface area contributed by atoms with Crippen molar-refractivity contribution in [2.24, 2.45) is 7.05 Å². The number of nitrogens with zero attached hydrogens (tertiary/aromatic N) is 4. The summed E-state index contributed by atoms with van der Waals surface area (Å²) in [6.07, 6.45) is 3.74. The third-order valence-corrected chi connectivity index (χ3v) is 5.97. The van der Waals surface area contributed by atoms with E-state index in [4.69, 9.17) is 0 Å². The molecule has 6 nitrogen and oxygen atoms in total. The zero-order valence-electron chi connectivity index (χ0n) is 16.3. The monoisotopic (exact) mass is 409 g/mol. The van der Waals surface area contributed by atoms with Gasteiger partial charge in [0.2, 0.25) is 0 Å². The molecule has 0 radical (unpaired) electrons. The maximum atomic E-state index is 13.4. The van der Waals surface area contributed by atoms with Gasteiger partial charge >= 0.3 is 0 Å². The van der Waals surface area contributed by atoms with Crippen molar-refractivity contribution in [3.05, 3.63) is 77.3 Å². The van der Waals surface area contributed by atoms with Gasteiger partial charge in [-0.15, -0.1) is 0 Å². The fourth-order valence-corrected chi connectivity index (χ4v) is 4.19. The summed E-state index contributed by atoms with van der Waals surface area (Å²) in [7, 11) is 1.88. The Hall–Kier alpha value is -3.26. The van der Waals surface area contributed by atoms with Gasteiger partial charge in [-0.2, -0.15) is 5.10 Å². The van der Waals surface area contributed by atoms with Gasteiger partial charge < -0.3 is 9.88 Å². The van der Waals surface area contributed by atoms with E-state index in [1.165, 1.54) is 23.5 Å². The van der Waals surface area contributed by atoms with Crippen LogP contribution in [0.2, 0.25) is 0 Å². The van der Waals surface area contributed by atoms with Crippen LogP contribution in [-0.2, 0) is 13.6 Å². The van der Waals surface area contributed by atoms with Crippen molar-refractivity contribution in [1.29, 1.82) is 0 Å². The van der Waals surface area contributed by atoms with Gasteiger partial charge in [0, 0.05) is 37.2 Å². The first kappa shape index (κ1) is 19.1. The summed E-state index contributed by atoms with van der Waals surface area (Å²) in [5.41, 5.74) is 3.96. The first-order valence-electron chi connectivity index (χ1n) is 9.11. The van der Waals surface area contributed by atoms with Gasteiger partial charge in [0.25, 0.3) is 5.91 Å². The number of nitrogens with one attached hydrogen (secondary N) is 1. The first-order chi connectivity index (χ1) is 13.9. The van der Waals surface area contributed by atoms with Gasteiger partial charge in [0.05, 0.1) is 10.6 Å². The van der Waals surface area contributed by atoms with Crippen LogP contribution in [0.1, 0.15) is 27.4 Å². The number of hydrogen-bond acceptors (Lipinski definition) is 4. The average molecular weight is 409 g/mol. The van der Waals surface area contributed by atoms with E-state index in [1.807, 2.05) is 50.0 Å². The highest BCUT2D eigenvalue weighted by atomic mass is 32.1. The summed E-state index contributed by atoms with van der Waals surface area (Å²) < 4.78 is 17.0. The molecule has 0 aliphatic rings. The van der Waals surface area contributed by atoms with Crippen molar-refractivity contribution in [1.82, 2.24) is 24.6 Å². The summed E-state index contributed by atoms with van der Waals surface area (Å²) in [5, 5.41) is 8.02. The second-order valence-electron chi connectivity index (χ2n) is 6.73. The highest BCUT2D eigenvalue weighted by molar-refractivity contribution is 7.17. The average Bonchev–Trinajstić information content (AvgIpc) is 3.42. The summed E-state index contributed by atoms with van der Waals surface area (Å²) in [5.74, 6) is -0.598. The lowest BCUT2D eigenvalue weighted by Crippen LogP contribution is -2.24. The molecule has 0 aliphatic carbocycles. The number of rotatable bonds is 5. The van der Waals surface area contributed by atoms with E-state index in [1.54, 1.807) is 16.8 Å². The van der Waals surface area contributed by atoms with Crippen LogP contribution in [0.3, 0.4) is 0 Å². The van der Waals surface area contributed by atoms with E-state index in [0.29, 0.717) is 22.2 Å². The summed E-state index contributed by atoms with van der Waals surface area (Å²) in [6.45, 7) is 4.26. The van der Waals surface area contributed by atoms with Crippen molar-refractivity contribution in [3.63, 3.8) is 0 Å². The zero-order chi connectivity index (χ0) is 20.5. The molecule has 0 saturated heterocycles. The van der Waals surface area contributed by atoms with E-state index in [0.717, 1.165) is 22.5 Å². The number of benzene rings is 1. The van der Waals surface area contributed by atoms with Crippen molar-refractivity contribution in [3.8, 4) is 15.6 Å². The molecule has 0 atom stereocenters. The maximum absolute atomic E-state index is 13.4. The second-order valence-corrected chi connectivity index (χ2v) is 7.70. The Balaban J connectivity index is 1.67. The number of amides is 1. The second kappa shape index (κ2) is 7.63. The summed E-state index contributed by atoms with van der Waals surface area (Å²) >= 11 is 1.39. The van der Waals surface area contributed by atoms with E-state index < -0.39 is 0 Å². The smallest absolute Gasteiger partial charge is 0.271 e. The Kier molecular flexibility index (Phi) is 5.02. The van der Waals surface area contributed by atoms with Crippen molar-refractivity contribution in [2.45, 2.75) is 20.4 Å². The van der Waals surface area contributed by atoms with Crippen LogP contribution >= 0.6 is 11.3 Å². The van der Waals surface area contributed by atoms with E-state index in [2.05, 4.69) is 15.4 Å². The number of thiazole rings is 1. The fourth-order valence-electron chi connectivity index (χ4n) is 3.16. The van der Waals surface area contributed by atoms with Crippen LogP contribution in [-0.4, -0.2) is 25.2 Å². The minimum absolute atomic E-state index is 0.276. The molecule has 0 unspecified atom stereocenters. The SMILES string of the molecule is Cc1nn(C)c(C)c1CNC(=O)c1nc(-n2cccc2)sc1-c1ccc(F)cc1. The molecular formula is C21H20FN5OS. The molecule has 148 valence electrons. The van der Waals surface area contributed by atoms with Crippen LogP contribution < -0.4 is 5.32 Å². The predicted octanol–water partition coefficient (Wildman–Crippen LogP) is 4.02. The molecule has 4 aromatic rings. The predicted molar refractivity (Wildman–Crippen MR) is 111 cm³/mol. The lowest BCUT2D eigenvalue weighted by Gasteiger charge is -2.06. The molecule has 0 aliphatic heterocycles. The van der Waals surface area contributed by atoms with E-state index in [9.17, 15) is 9.18 Å². The third-order valence-electron chi connectivity index (χ3n) is 4.85. The van der Waals surface area contributed by atoms with Crippen molar-refractivity contribution in [2.75, 3.05) is 0 Å². The number of halogens is 1. The van der Waals surface area contributed by atoms with Gasteiger partial charge in [0.15, 0.2) is 5.13 Å². The lowest BCUT2D eigenvalue weighted by molar-refractivity contribution is 0.0947. The topological polar surface area (TPSA) is 64.7 Å². The minimum Gasteiger partial charge on any atom is -0.346 e. The Morgan fingerprint density at radius 3 is 2.48 bits per heavy atom. The molecule has 3 aromatic heterocycles. The Bertz CT molecular complexity index is 1160. The molecule has 1 aromatic carbocycles. The summed E-state index contributed by atoms with van der Waals surface area (Å²) in [6, 6.07) is 9.88. The van der Waals surface area contributed by atoms with Gasteiger partial charge in [-0.05, 0) is 43.7 Å². The molecule has 8 heteroatoms. The molecule has 0 bridgehead atoms. The standard InChI is InChI=1S/C21H20FN5OS/c1-13-17(14(2)26(3)25-13)12-23-20(28)18-19(15-6-8-16(22)9-7-15)29-21(24-18)27-10-4-5-11-27/h4-11H,12H2,1-3H3,(H,23,28). The first-order valence-corrected chi connectivity index (χ1v) is 9.93. The van der Waals surface area contributed by atoms with Crippen molar-refractivity contribution < 1.29 is 9.18 Å². The van der Waals surface area contributed by atoms with Gasteiger partial charge in [-0.3, -0.25) is 9.48 Å². The molecule has 0 fully saturated rings. The quantitative estimate of drug-likeness (QED) is 0.541. The number of aromatic nitrogens is 4. The molecule has 1 amide bonds. The lowest BCUT2D eigenvalue weighted by atomic mass is 10.1. The van der Waals surface area contributed by atoms with E-state index >= 15 is 0 Å². The molecule has 3 heterocycles. The molecular weight excluding hydrogens is 389 g/mol. The summed E-state index contributed by atoms with van der Waals surface area (Å²) in [4.78, 5) is 18.3. The zero-order valence-corrected chi connectivity index (χ0v) is 17.1. The number of aryl methyl sites for hydroxylation is 2. The number of carbonyl (C=O) groups excluding carboxylic acids is 1. The Morgan fingerprint density at radius 1 is 1.17 bits per heavy atom. The molecule has 29 heavy (non-hydrogen) atoms. The molecule has 1 N–H and O–H groups in total. The van der Waals surface area contributed by atoms with Gasteiger partial charge in [-0.1, -0.05) is 23.5 Å². The Morgan fingerprint density at radius 2 is 1.86 bits per heavy atom.